The second-order valence-corrected chi connectivity index (χ2v) is 9.78. The Morgan fingerprint density at radius 2 is 1.17 bits per heavy atom. The van der Waals surface area contributed by atoms with Crippen molar-refractivity contribution in [1.82, 2.24) is 0 Å². The number of carbonyl (C=O) groups is 3. The first kappa shape index (κ1) is 38.0. The Balaban J connectivity index is 2.36. The van der Waals surface area contributed by atoms with Crippen LogP contribution in [-0.4, -0.2) is 64.3 Å². The van der Waals surface area contributed by atoms with Gasteiger partial charge in [-0.15, -0.1) is 0 Å². The van der Waals surface area contributed by atoms with E-state index in [4.69, 9.17) is 23.7 Å². The van der Waals surface area contributed by atoms with Crippen molar-refractivity contribution in [2.24, 2.45) is 5.92 Å². The predicted octanol–water partition coefficient (Wildman–Crippen LogP) is 6.35. The Labute approximate surface area is 261 Å². The van der Waals surface area contributed by atoms with E-state index in [1.807, 2.05) is 0 Å². The van der Waals surface area contributed by atoms with Gasteiger partial charge in [0, 0.05) is 37.3 Å². The second-order valence-electron chi connectivity index (χ2n) is 9.78. The van der Waals surface area contributed by atoms with Crippen molar-refractivity contribution >= 4 is 17.9 Å². The van der Waals surface area contributed by atoms with Gasteiger partial charge in [-0.2, -0.15) is 26.3 Å². The molecule has 0 fully saturated rings. The summed E-state index contributed by atoms with van der Waals surface area (Å²) >= 11 is 0. The monoisotopic (exact) mass is 660 g/mol. The maximum absolute atomic E-state index is 14.3. The van der Waals surface area contributed by atoms with Crippen LogP contribution < -0.4 is 0 Å². The van der Waals surface area contributed by atoms with Gasteiger partial charge in [0.25, 0.3) is 11.2 Å². The van der Waals surface area contributed by atoms with Crippen molar-refractivity contribution in [2.45, 2.75) is 43.8 Å². The molecule has 0 aliphatic heterocycles. The fourth-order valence-corrected chi connectivity index (χ4v) is 4.49. The van der Waals surface area contributed by atoms with Crippen molar-refractivity contribution in [1.29, 1.82) is 0 Å². The molecular formula is C32H34F6O8. The molecule has 14 heteroatoms. The Kier molecular flexibility index (Phi) is 13.6. The molecule has 0 amide bonds. The third-order valence-corrected chi connectivity index (χ3v) is 6.76. The number of esters is 3. The smallest absolute Gasteiger partial charge is 0.432 e. The fourth-order valence-electron chi connectivity index (χ4n) is 4.49. The maximum Gasteiger partial charge on any atom is 0.432 e. The summed E-state index contributed by atoms with van der Waals surface area (Å²) < 4.78 is 110. The average Bonchev–Trinajstić information content (AvgIpc) is 3.00. The Hall–Kier alpha value is -4.17. The van der Waals surface area contributed by atoms with Gasteiger partial charge in [-0.3, -0.25) is 0 Å². The van der Waals surface area contributed by atoms with Gasteiger partial charge in [-0.25, -0.2) is 14.4 Å². The molecule has 0 bridgehead atoms. The van der Waals surface area contributed by atoms with Crippen LogP contribution in [0.15, 0.2) is 84.5 Å². The van der Waals surface area contributed by atoms with Crippen LogP contribution in [0.3, 0.4) is 0 Å². The van der Waals surface area contributed by atoms with Crippen LogP contribution in [0, 0.1) is 5.92 Å². The van der Waals surface area contributed by atoms with Crippen LogP contribution in [-0.2, 0) is 49.3 Å². The highest BCUT2D eigenvalue weighted by Gasteiger charge is 2.65. The lowest BCUT2D eigenvalue weighted by Gasteiger charge is -2.33. The minimum Gasteiger partial charge on any atom is -0.463 e. The molecule has 46 heavy (non-hydrogen) atoms. The number of rotatable bonds is 15. The molecule has 0 spiro atoms. The first-order valence-corrected chi connectivity index (χ1v) is 13.8. The lowest BCUT2D eigenvalue weighted by molar-refractivity contribution is -0.278. The van der Waals surface area contributed by atoms with Gasteiger partial charge in [0.15, 0.2) is 0 Å². The molecule has 0 heterocycles. The number of alkyl halides is 6. The number of methoxy groups -OCH3 is 2. The first-order chi connectivity index (χ1) is 21.6. The van der Waals surface area contributed by atoms with E-state index < -0.39 is 71.7 Å². The van der Waals surface area contributed by atoms with E-state index in [-0.39, 0.29) is 13.0 Å². The summed E-state index contributed by atoms with van der Waals surface area (Å²) in [6.45, 7) is 1.77. The molecule has 2 rings (SSSR count). The molecule has 252 valence electrons. The Morgan fingerprint density at radius 3 is 1.59 bits per heavy atom. The van der Waals surface area contributed by atoms with Crippen molar-refractivity contribution in [3.05, 3.63) is 95.6 Å². The van der Waals surface area contributed by atoms with E-state index in [1.54, 1.807) is 6.92 Å². The summed E-state index contributed by atoms with van der Waals surface area (Å²) in [5.41, 5.74) is -7.69. The number of ether oxygens (including phenoxy) is 5. The van der Waals surface area contributed by atoms with Gasteiger partial charge in [0.1, 0.15) is 0 Å². The highest BCUT2D eigenvalue weighted by atomic mass is 19.4. The summed E-state index contributed by atoms with van der Waals surface area (Å²) in [6, 6.07) is 12.1. The highest BCUT2D eigenvalue weighted by Crippen LogP contribution is 2.44. The number of benzene rings is 2. The second kappa shape index (κ2) is 16.4. The molecular weight excluding hydrogens is 626 g/mol. The lowest BCUT2D eigenvalue weighted by atomic mass is 9.92. The molecule has 0 aliphatic rings. The van der Waals surface area contributed by atoms with Crippen LogP contribution in [0.2, 0.25) is 0 Å². The van der Waals surface area contributed by atoms with Gasteiger partial charge < -0.3 is 23.7 Å². The highest BCUT2D eigenvalue weighted by molar-refractivity contribution is 5.83. The third-order valence-electron chi connectivity index (χ3n) is 6.76. The number of allylic oxidation sites excluding steroid dienone is 2. The standard InChI is InChI=1S/C32H34F6O8/c1-5-44-26(39)17-16-22(2)20-23(21-46-28(41)30(43-4,32(36,37)38)25-14-10-7-11-15-25)18-19-45-27(40)29(42-3,31(33,34)35)24-12-8-6-9-13-24/h6-17,20,23H,5,18-19,21H2,1-4H3/b17-16+,22-20+/t23-,29+,30-/m0/s1. The number of halogens is 6. The summed E-state index contributed by atoms with van der Waals surface area (Å²) in [6.07, 6.45) is -7.03. The Bertz CT molecular complexity index is 1360. The van der Waals surface area contributed by atoms with E-state index in [0.29, 0.717) is 19.8 Å². The van der Waals surface area contributed by atoms with Crippen LogP contribution in [0.25, 0.3) is 0 Å². The number of hydrogen-bond donors (Lipinski definition) is 0. The maximum atomic E-state index is 14.3. The minimum atomic E-state index is -5.25. The summed E-state index contributed by atoms with van der Waals surface area (Å²) in [7, 11) is 1.39. The van der Waals surface area contributed by atoms with E-state index in [1.165, 1.54) is 55.5 Å². The average molecular weight is 661 g/mol. The summed E-state index contributed by atoms with van der Waals surface area (Å²) in [5, 5.41) is 0. The molecule has 0 saturated heterocycles. The fraction of sp³-hybridized carbons (Fsp3) is 0.406. The molecule has 3 atom stereocenters. The van der Waals surface area contributed by atoms with Crippen LogP contribution >= 0.6 is 0 Å². The van der Waals surface area contributed by atoms with Crippen LogP contribution in [0.1, 0.15) is 31.4 Å². The van der Waals surface area contributed by atoms with Crippen molar-refractivity contribution < 1.29 is 64.4 Å². The molecule has 0 unspecified atom stereocenters. The molecule has 0 saturated carbocycles. The van der Waals surface area contributed by atoms with Gasteiger partial charge in [0.2, 0.25) is 0 Å². The van der Waals surface area contributed by atoms with Gasteiger partial charge >= 0.3 is 30.3 Å². The summed E-state index contributed by atoms with van der Waals surface area (Å²) in [5.74, 6) is -5.29. The molecule has 0 N–H and O–H groups in total. The first-order valence-electron chi connectivity index (χ1n) is 13.8. The van der Waals surface area contributed by atoms with Crippen molar-refractivity contribution in [3.63, 3.8) is 0 Å². The third kappa shape index (κ3) is 8.75. The quantitative estimate of drug-likeness (QED) is 0.0717. The molecule has 0 aromatic heterocycles. The zero-order valence-corrected chi connectivity index (χ0v) is 25.4. The number of carbonyl (C=O) groups excluding carboxylic acids is 3. The van der Waals surface area contributed by atoms with Gasteiger partial charge in [0.05, 0.1) is 19.8 Å². The topological polar surface area (TPSA) is 97.4 Å². The SMILES string of the molecule is CCOC(=O)/C=C/C(C)=C/[C@H](CCOC(=O)[C@](OC)(c1ccccc1)C(F)(F)F)COC(=O)[C@@](OC)(c1ccccc1)C(F)(F)F. The lowest BCUT2D eigenvalue weighted by Crippen LogP contribution is -2.52. The van der Waals surface area contributed by atoms with Gasteiger partial charge in [-0.05, 0) is 20.3 Å². The molecule has 0 aliphatic carbocycles. The van der Waals surface area contributed by atoms with Crippen molar-refractivity contribution in [2.75, 3.05) is 34.0 Å². The Morgan fingerprint density at radius 1 is 0.717 bits per heavy atom. The summed E-state index contributed by atoms with van der Waals surface area (Å²) in [4.78, 5) is 37.7. The molecule has 2 aromatic rings. The van der Waals surface area contributed by atoms with Crippen LogP contribution in [0.4, 0.5) is 26.3 Å². The molecule has 2 aromatic carbocycles. The van der Waals surface area contributed by atoms with Gasteiger partial charge in [-0.1, -0.05) is 78.4 Å². The number of hydrogen-bond acceptors (Lipinski definition) is 8. The van der Waals surface area contributed by atoms with Crippen LogP contribution in [0.5, 0.6) is 0 Å². The van der Waals surface area contributed by atoms with E-state index in [2.05, 4.69) is 0 Å². The zero-order chi connectivity index (χ0) is 34.6. The van der Waals surface area contributed by atoms with E-state index in [0.717, 1.165) is 30.3 Å². The largest absolute Gasteiger partial charge is 0.463 e. The van der Waals surface area contributed by atoms with Crippen molar-refractivity contribution in [3.8, 4) is 0 Å². The molecule has 8 nitrogen and oxygen atoms in total. The minimum absolute atomic E-state index is 0.0988. The molecule has 0 radical (unpaired) electrons. The zero-order valence-electron chi connectivity index (χ0n) is 25.4. The predicted molar refractivity (Wildman–Crippen MR) is 152 cm³/mol. The normalized spacial score (nSPS) is 15.8. The van der Waals surface area contributed by atoms with E-state index in [9.17, 15) is 40.7 Å². The van der Waals surface area contributed by atoms with E-state index >= 15 is 0 Å².